The molecule has 2 aromatic rings. The highest BCUT2D eigenvalue weighted by molar-refractivity contribution is 9.10. The van der Waals surface area contributed by atoms with Crippen LogP contribution in [0.3, 0.4) is 0 Å². The van der Waals surface area contributed by atoms with Crippen LogP contribution in [0.15, 0.2) is 57.6 Å². The van der Waals surface area contributed by atoms with Crippen molar-refractivity contribution >= 4 is 28.1 Å². The number of carbonyl (C=O) groups excluding carboxylic acids is 1. The van der Waals surface area contributed by atoms with Gasteiger partial charge in [0.2, 0.25) is 0 Å². The SMILES string of the molecule is O=C(NCC=Cc1occc1Br)OCc1ccccc1. The number of amides is 1. The van der Waals surface area contributed by atoms with Gasteiger partial charge in [-0.15, -0.1) is 0 Å². The maximum Gasteiger partial charge on any atom is 0.407 e. The minimum absolute atomic E-state index is 0.264. The molecular weight excluding hydrogens is 322 g/mol. The minimum atomic E-state index is -0.447. The van der Waals surface area contributed by atoms with Crippen LogP contribution in [0.5, 0.6) is 0 Å². The van der Waals surface area contributed by atoms with Gasteiger partial charge in [-0.2, -0.15) is 0 Å². The normalized spacial score (nSPS) is 10.7. The highest BCUT2D eigenvalue weighted by Crippen LogP contribution is 2.18. The van der Waals surface area contributed by atoms with E-state index in [0.717, 1.165) is 10.0 Å². The Balaban J connectivity index is 1.68. The van der Waals surface area contributed by atoms with Gasteiger partial charge in [-0.1, -0.05) is 36.4 Å². The molecule has 4 nitrogen and oxygen atoms in total. The second kappa shape index (κ2) is 7.55. The van der Waals surface area contributed by atoms with Crippen LogP contribution in [-0.4, -0.2) is 12.6 Å². The van der Waals surface area contributed by atoms with E-state index in [4.69, 9.17) is 9.15 Å². The molecule has 1 aromatic heterocycles. The smallest absolute Gasteiger partial charge is 0.407 e. The van der Waals surface area contributed by atoms with Crippen molar-refractivity contribution in [3.8, 4) is 0 Å². The van der Waals surface area contributed by atoms with Gasteiger partial charge in [0.1, 0.15) is 12.4 Å². The molecule has 0 aliphatic heterocycles. The number of hydrogen-bond donors (Lipinski definition) is 1. The molecule has 0 unspecified atom stereocenters. The lowest BCUT2D eigenvalue weighted by Gasteiger charge is -2.05. The zero-order chi connectivity index (χ0) is 14.2. The summed E-state index contributed by atoms with van der Waals surface area (Å²) in [5.41, 5.74) is 0.956. The summed E-state index contributed by atoms with van der Waals surface area (Å²) >= 11 is 3.34. The molecular formula is C15H14BrNO3. The standard InChI is InChI=1S/C15H14BrNO3/c16-13-8-10-19-14(13)7-4-9-17-15(18)20-11-12-5-2-1-3-6-12/h1-8,10H,9,11H2,(H,17,18). The van der Waals surface area contributed by atoms with Crippen LogP contribution < -0.4 is 5.32 Å². The summed E-state index contributed by atoms with van der Waals surface area (Å²) in [6.07, 6.45) is 4.71. The van der Waals surface area contributed by atoms with E-state index in [2.05, 4.69) is 21.2 Å². The third-order valence-electron chi connectivity index (χ3n) is 2.49. The number of carbonyl (C=O) groups is 1. The number of alkyl carbamates (subject to hydrolysis) is 1. The van der Waals surface area contributed by atoms with Gasteiger partial charge in [0.05, 0.1) is 10.7 Å². The quantitative estimate of drug-likeness (QED) is 0.898. The molecule has 0 spiro atoms. The first-order valence-electron chi connectivity index (χ1n) is 6.10. The molecule has 1 aromatic carbocycles. The van der Waals surface area contributed by atoms with Crippen LogP contribution in [0.25, 0.3) is 6.08 Å². The van der Waals surface area contributed by atoms with Crippen molar-refractivity contribution in [2.75, 3.05) is 6.54 Å². The summed E-state index contributed by atoms with van der Waals surface area (Å²) in [5, 5.41) is 2.63. The summed E-state index contributed by atoms with van der Waals surface area (Å²) in [5.74, 6) is 0.712. The van der Waals surface area contributed by atoms with Crippen LogP contribution in [0.2, 0.25) is 0 Å². The summed E-state index contributed by atoms with van der Waals surface area (Å²) < 4.78 is 11.1. The molecule has 0 radical (unpaired) electrons. The average Bonchev–Trinajstić information content (AvgIpc) is 2.88. The van der Waals surface area contributed by atoms with E-state index in [1.807, 2.05) is 30.3 Å². The Morgan fingerprint density at radius 3 is 2.80 bits per heavy atom. The van der Waals surface area contributed by atoms with Crippen LogP contribution >= 0.6 is 15.9 Å². The molecule has 2 rings (SSSR count). The molecule has 0 saturated carbocycles. The number of ether oxygens (including phenoxy) is 1. The summed E-state index contributed by atoms with van der Waals surface area (Å²) in [4.78, 5) is 11.4. The van der Waals surface area contributed by atoms with E-state index in [-0.39, 0.29) is 6.61 Å². The highest BCUT2D eigenvalue weighted by atomic mass is 79.9. The zero-order valence-corrected chi connectivity index (χ0v) is 12.3. The van der Waals surface area contributed by atoms with Gasteiger partial charge in [-0.05, 0) is 33.6 Å². The second-order valence-electron chi connectivity index (χ2n) is 3.98. The molecule has 1 amide bonds. The van der Waals surface area contributed by atoms with Crippen molar-refractivity contribution in [2.24, 2.45) is 0 Å². The summed E-state index contributed by atoms with van der Waals surface area (Å²) in [6.45, 7) is 0.640. The van der Waals surface area contributed by atoms with Crippen LogP contribution in [-0.2, 0) is 11.3 Å². The Bertz CT molecular complexity index is 578. The highest BCUT2D eigenvalue weighted by Gasteiger charge is 2.01. The topological polar surface area (TPSA) is 51.5 Å². The fraction of sp³-hybridized carbons (Fsp3) is 0.133. The van der Waals surface area contributed by atoms with Gasteiger partial charge in [-0.25, -0.2) is 4.79 Å². The lowest BCUT2D eigenvalue weighted by atomic mass is 10.2. The Labute approximate surface area is 125 Å². The molecule has 0 aliphatic carbocycles. The monoisotopic (exact) mass is 335 g/mol. The molecule has 1 heterocycles. The zero-order valence-electron chi connectivity index (χ0n) is 10.7. The fourth-order valence-corrected chi connectivity index (χ4v) is 1.84. The van der Waals surface area contributed by atoms with Gasteiger partial charge in [0.15, 0.2) is 0 Å². The maximum atomic E-state index is 11.4. The van der Waals surface area contributed by atoms with E-state index in [1.165, 1.54) is 0 Å². The van der Waals surface area contributed by atoms with Crippen LogP contribution in [0.1, 0.15) is 11.3 Å². The number of furan rings is 1. The Hall–Kier alpha value is -2.01. The first kappa shape index (κ1) is 14.4. The second-order valence-corrected chi connectivity index (χ2v) is 4.83. The van der Waals surface area contributed by atoms with Gasteiger partial charge >= 0.3 is 6.09 Å². The predicted octanol–water partition coefficient (Wildman–Crippen LogP) is 3.98. The van der Waals surface area contributed by atoms with E-state index in [9.17, 15) is 4.79 Å². The first-order valence-corrected chi connectivity index (χ1v) is 6.89. The number of benzene rings is 1. The third kappa shape index (κ3) is 4.59. The van der Waals surface area contributed by atoms with Crippen molar-refractivity contribution in [1.82, 2.24) is 5.32 Å². The summed E-state index contributed by atoms with van der Waals surface area (Å²) in [6, 6.07) is 11.3. The van der Waals surface area contributed by atoms with Gasteiger partial charge in [0, 0.05) is 6.54 Å². The van der Waals surface area contributed by atoms with E-state index in [0.29, 0.717) is 12.3 Å². The third-order valence-corrected chi connectivity index (χ3v) is 3.15. The maximum absolute atomic E-state index is 11.4. The van der Waals surface area contributed by atoms with Crippen molar-refractivity contribution < 1.29 is 13.9 Å². The lowest BCUT2D eigenvalue weighted by Crippen LogP contribution is -2.24. The number of hydrogen-bond acceptors (Lipinski definition) is 3. The molecule has 0 saturated heterocycles. The molecule has 0 bridgehead atoms. The van der Waals surface area contributed by atoms with Crippen LogP contribution in [0, 0.1) is 0 Å². The fourth-order valence-electron chi connectivity index (χ4n) is 1.51. The Morgan fingerprint density at radius 2 is 2.10 bits per heavy atom. The van der Waals surface area contributed by atoms with Crippen molar-refractivity contribution in [3.05, 3.63) is 64.5 Å². The van der Waals surface area contributed by atoms with Crippen LogP contribution in [0.4, 0.5) is 4.79 Å². The van der Waals surface area contributed by atoms with Crippen molar-refractivity contribution in [1.29, 1.82) is 0 Å². The van der Waals surface area contributed by atoms with E-state index >= 15 is 0 Å². The number of nitrogens with one attached hydrogen (secondary N) is 1. The van der Waals surface area contributed by atoms with E-state index in [1.54, 1.807) is 24.5 Å². The molecule has 5 heteroatoms. The lowest BCUT2D eigenvalue weighted by molar-refractivity contribution is 0.141. The number of rotatable bonds is 5. The molecule has 20 heavy (non-hydrogen) atoms. The largest absolute Gasteiger partial charge is 0.464 e. The van der Waals surface area contributed by atoms with Crippen molar-refractivity contribution in [2.45, 2.75) is 6.61 Å². The predicted molar refractivity (Wildman–Crippen MR) is 80.1 cm³/mol. The molecule has 0 atom stereocenters. The van der Waals surface area contributed by atoms with Gasteiger partial charge < -0.3 is 14.5 Å². The number of halogens is 1. The minimum Gasteiger partial charge on any atom is -0.464 e. The molecule has 0 fully saturated rings. The average molecular weight is 336 g/mol. The Kier molecular flexibility index (Phi) is 5.43. The molecule has 104 valence electrons. The summed E-state index contributed by atoms with van der Waals surface area (Å²) in [7, 11) is 0. The van der Waals surface area contributed by atoms with Gasteiger partial charge in [0.25, 0.3) is 0 Å². The van der Waals surface area contributed by atoms with Gasteiger partial charge in [-0.3, -0.25) is 0 Å². The Morgan fingerprint density at radius 1 is 1.30 bits per heavy atom. The molecule has 1 N–H and O–H groups in total. The van der Waals surface area contributed by atoms with Crippen molar-refractivity contribution in [3.63, 3.8) is 0 Å². The molecule has 0 aliphatic rings. The van der Waals surface area contributed by atoms with E-state index < -0.39 is 6.09 Å². The first-order chi connectivity index (χ1) is 9.75.